The van der Waals surface area contributed by atoms with Crippen molar-refractivity contribution >= 4 is 39.1 Å². The molecule has 1 aliphatic carbocycles. The second-order valence-electron chi connectivity index (χ2n) is 8.90. The molecule has 184 valence electrons. The van der Waals surface area contributed by atoms with Crippen molar-refractivity contribution in [1.29, 1.82) is 0 Å². The Morgan fingerprint density at radius 3 is 2.21 bits per heavy atom. The third-order valence-corrected chi connectivity index (χ3v) is 8.74. The quantitative estimate of drug-likeness (QED) is 0.570. The number of aromatic hydroxyl groups is 1. The fourth-order valence-corrected chi connectivity index (χ4v) is 6.04. The van der Waals surface area contributed by atoms with Gasteiger partial charge in [0.15, 0.2) is 0 Å². The molecule has 10 heteroatoms. The maximum Gasteiger partial charge on any atom is 0.264 e. The van der Waals surface area contributed by atoms with Gasteiger partial charge in [0.1, 0.15) is 17.6 Å². The van der Waals surface area contributed by atoms with E-state index in [1.54, 1.807) is 12.1 Å². The maximum atomic E-state index is 12.6. The minimum Gasteiger partial charge on any atom is -0.508 e. The summed E-state index contributed by atoms with van der Waals surface area (Å²) in [4.78, 5) is 15.0. The number of phenolic OH excluding ortho intramolecular Hbond substituents is 1. The molecule has 2 aromatic carbocycles. The average Bonchev–Trinajstić information content (AvgIpc) is 2.82. The van der Waals surface area contributed by atoms with Gasteiger partial charge in [0, 0.05) is 31.1 Å². The van der Waals surface area contributed by atoms with E-state index < -0.39 is 15.9 Å². The van der Waals surface area contributed by atoms with Gasteiger partial charge in [-0.3, -0.25) is 4.79 Å². The van der Waals surface area contributed by atoms with Crippen LogP contribution in [-0.2, 0) is 14.8 Å². The molecule has 7 nitrogen and oxygen atoms in total. The number of likely N-dealkylation sites (tertiary alicyclic amines) is 1. The number of hydrogen-bond donors (Lipinski definition) is 2. The van der Waals surface area contributed by atoms with E-state index in [1.807, 2.05) is 6.07 Å². The molecule has 34 heavy (non-hydrogen) atoms. The van der Waals surface area contributed by atoms with Crippen LogP contribution in [0.2, 0.25) is 10.0 Å². The molecule has 0 spiro atoms. The van der Waals surface area contributed by atoms with E-state index in [2.05, 4.69) is 9.62 Å². The number of carbonyl (C=O) groups excluding carboxylic acids is 1. The van der Waals surface area contributed by atoms with Gasteiger partial charge in [-0.2, -0.15) is 0 Å². The maximum absolute atomic E-state index is 12.6. The van der Waals surface area contributed by atoms with Crippen LogP contribution in [0.1, 0.15) is 38.5 Å². The molecule has 0 unspecified atom stereocenters. The zero-order valence-electron chi connectivity index (χ0n) is 18.6. The third kappa shape index (κ3) is 6.16. The molecule has 4 rings (SSSR count). The molecule has 2 N–H and O–H groups in total. The van der Waals surface area contributed by atoms with Gasteiger partial charge >= 0.3 is 0 Å². The van der Waals surface area contributed by atoms with E-state index >= 15 is 0 Å². The highest BCUT2D eigenvalue weighted by Crippen LogP contribution is 2.32. The molecular formula is C24H28Cl2N2O5S. The number of ether oxygens (including phenoxy) is 1. The Hall–Kier alpha value is -2.00. The first-order valence-corrected chi connectivity index (χ1v) is 13.7. The van der Waals surface area contributed by atoms with Gasteiger partial charge in [-0.1, -0.05) is 23.2 Å². The summed E-state index contributed by atoms with van der Waals surface area (Å²) in [5.41, 5.74) is 0. The molecule has 0 radical (unpaired) electrons. The van der Waals surface area contributed by atoms with Crippen LogP contribution < -0.4 is 9.46 Å². The van der Waals surface area contributed by atoms with E-state index in [-0.39, 0.29) is 22.7 Å². The summed E-state index contributed by atoms with van der Waals surface area (Å²) in [6.07, 6.45) is 4.96. The Kier molecular flexibility index (Phi) is 7.92. The summed E-state index contributed by atoms with van der Waals surface area (Å²) in [6, 6.07) is 10.8. The van der Waals surface area contributed by atoms with Crippen LogP contribution in [0.15, 0.2) is 47.4 Å². The highest BCUT2D eigenvalue weighted by molar-refractivity contribution is 7.90. The highest BCUT2D eigenvalue weighted by atomic mass is 35.5. The number of halogens is 2. The summed E-state index contributed by atoms with van der Waals surface area (Å²) < 4.78 is 33.2. The van der Waals surface area contributed by atoms with Gasteiger partial charge in [0.2, 0.25) is 5.91 Å². The Bertz CT molecular complexity index is 1110. The molecular weight excluding hydrogens is 499 g/mol. The van der Waals surface area contributed by atoms with Crippen molar-refractivity contribution in [3.05, 3.63) is 52.5 Å². The molecule has 1 aliphatic heterocycles. The number of sulfonamides is 1. The molecule has 1 saturated heterocycles. The van der Waals surface area contributed by atoms with E-state index in [4.69, 9.17) is 27.9 Å². The summed E-state index contributed by atoms with van der Waals surface area (Å²) in [5, 5.41) is 10.3. The predicted octanol–water partition coefficient (Wildman–Crippen LogP) is 4.61. The number of benzene rings is 2. The highest BCUT2D eigenvalue weighted by Gasteiger charge is 2.33. The van der Waals surface area contributed by atoms with Crippen molar-refractivity contribution in [1.82, 2.24) is 9.62 Å². The van der Waals surface area contributed by atoms with Crippen molar-refractivity contribution in [2.24, 2.45) is 5.92 Å². The number of hydrogen-bond acceptors (Lipinski definition) is 6. The minimum absolute atomic E-state index is 0.0337. The summed E-state index contributed by atoms with van der Waals surface area (Å²) >= 11 is 12.0. The van der Waals surface area contributed by atoms with Crippen LogP contribution in [0.3, 0.4) is 0 Å². The molecule has 1 heterocycles. The van der Waals surface area contributed by atoms with E-state index in [0.29, 0.717) is 28.9 Å². The average molecular weight is 527 g/mol. The topological polar surface area (TPSA) is 95.9 Å². The van der Waals surface area contributed by atoms with Crippen molar-refractivity contribution in [3.63, 3.8) is 0 Å². The van der Waals surface area contributed by atoms with Gasteiger partial charge in [0.05, 0.1) is 14.9 Å². The molecule has 0 aromatic heterocycles. The Morgan fingerprint density at radius 2 is 1.59 bits per heavy atom. The number of amides is 1. The lowest BCUT2D eigenvalue weighted by Gasteiger charge is -2.40. The summed E-state index contributed by atoms with van der Waals surface area (Å²) in [6.45, 7) is 1.84. The van der Waals surface area contributed by atoms with E-state index in [9.17, 15) is 18.3 Å². The summed E-state index contributed by atoms with van der Waals surface area (Å²) in [7, 11) is -3.95. The Labute approximate surface area is 210 Å². The minimum atomic E-state index is -3.95. The number of nitrogens with zero attached hydrogens (tertiary/aromatic N) is 1. The molecule has 1 saturated carbocycles. The van der Waals surface area contributed by atoms with Gasteiger partial charge in [-0.25, -0.2) is 13.1 Å². The smallest absolute Gasteiger partial charge is 0.264 e. The molecule has 2 aromatic rings. The first-order valence-electron chi connectivity index (χ1n) is 11.4. The number of piperidine rings is 1. The van der Waals surface area contributed by atoms with Crippen LogP contribution in [0.25, 0.3) is 0 Å². The zero-order valence-corrected chi connectivity index (χ0v) is 21.0. The lowest BCUT2D eigenvalue weighted by Crippen LogP contribution is -2.46. The molecule has 1 amide bonds. The van der Waals surface area contributed by atoms with Crippen molar-refractivity contribution < 1.29 is 23.1 Å². The Balaban J connectivity index is 1.23. The van der Waals surface area contributed by atoms with Crippen LogP contribution in [0.4, 0.5) is 0 Å². The molecule has 2 aliphatic rings. The third-order valence-electron chi connectivity index (χ3n) is 6.64. The zero-order chi connectivity index (χ0) is 24.3. The second kappa shape index (κ2) is 10.7. The number of nitrogens with one attached hydrogen (secondary N) is 1. The van der Waals surface area contributed by atoms with Gasteiger partial charge in [-0.15, -0.1) is 0 Å². The predicted molar refractivity (Wildman–Crippen MR) is 131 cm³/mol. The van der Waals surface area contributed by atoms with E-state index in [1.165, 1.54) is 24.3 Å². The van der Waals surface area contributed by atoms with Crippen molar-refractivity contribution in [2.45, 2.75) is 55.6 Å². The Morgan fingerprint density at radius 1 is 0.941 bits per heavy atom. The number of carbonyl (C=O) groups is 1. The van der Waals surface area contributed by atoms with Gasteiger partial charge in [0.25, 0.3) is 10.0 Å². The van der Waals surface area contributed by atoms with Crippen LogP contribution in [0, 0.1) is 5.92 Å². The lowest BCUT2D eigenvalue weighted by molar-refractivity contribution is -0.124. The normalized spacial score (nSPS) is 22.3. The van der Waals surface area contributed by atoms with Crippen LogP contribution >= 0.6 is 23.2 Å². The fraction of sp³-hybridized carbons (Fsp3) is 0.458. The number of phenols is 1. The number of rotatable bonds is 6. The molecule has 0 bridgehead atoms. The van der Waals surface area contributed by atoms with E-state index in [0.717, 1.165) is 44.5 Å². The molecule has 0 atom stereocenters. The SMILES string of the molecule is O=C(NS(=O)(=O)c1ccc(O)cc1)[C@H]1CC[C@H](N2CCC(Oc3ccc(Cl)c(Cl)c3)CC2)CC1. The largest absolute Gasteiger partial charge is 0.508 e. The van der Waals surface area contributed by atoms with Crippen LogP contribution in [-0.4, -0.2) is 49.6 Å². The van der Waals surface area contributed by atoms with Gasteiger partial charge in [-0.05, 0) is 74.9 Å². The first-order chi connectivity index (χ1) is 16.2. The lowest BCUT2D eigenvalue weighted by atomic mass is 9.84. The van der Waals surface area contributed by atoms with Crippen molar-refractivity contribution in [2.75, 3.05) is 13.1 Å². The molecule has 2 fully saturated rings. The van der Waals surface area contributed by atoms with Crippen LogP contribution in [0.5, 0.6) is 11.5 Å². The standard InChI is InChI=1S/C24H28Cl2N2O5S/c25-22-10-7-20(15-23(22)26)33-19-11-13-28(14-12-19)17-3-1-16(2-4-17)24(30)27-34(31,32)21-8-5-18(29)6-9-21/h5-10,15-17,19,29H,1-4,11-14H2,(H,27,30)/t16-,17-. The first kappa shape index (κ1) is 25.1. The van der Waals surface area contributed by atoms with Gasteiger partial charge < -0.3 is 14.7 Å². The second-order valence-corrected chi connectivity index (χ2v) is 11.4. The summed E-state index contributed by atoms with van der Waals surface area (Å²) in [5.74, 6) is -0.0888. The fourth-order valence-electron chi connectivity index (χ4n) is 4.70. The van der Waals surface area contributed by atoms with Crippen molar-refractivity contribution in [3.8, 4) is 11.5 Å². The monoisotopic (exact) mass is 526 g/mol.